The Balaban J connectivity index is 2.32. The van der Waals surface area contributed by atoms with E-state index in [2.05, 4.69) is 9.98 Å². The minimum absolute atomic E-state index is 0.215. The standard InChI is InChI=1S/C13H20N4O5/c1-13(21)10(19)8(6-18)22-11(13)17-5-4-9(15-12(17)20)14-7-16(2)3/h4-5,7-8,10-11,18-19,21H,6H2,1-3H3/b14-7-/t8-,10?,11-,13+/m1/s1. The van der Waals surface area contributed by atoms with Gasteiger partial charge in [-0.2, -0.15) is 4.98 Å². The maximum Gasteiger partial charge on any atom is 0.351 e. The summed E-state index contributed by atoms with van der Waals surface area (Å²) in [6, 6.07) is 1.49. The summed E-state index contributed by atoms with van der Waals surface area (Å²) < 4.78 is 6.43. The van der Waals surface area contributed by atoms with Gasteiger partial charge in [-0.1, -0.05) is 0 Å². The smallest absolute Gasteiger partial charge is 0.351 e. The number of aliphatic hydroxyl groups is 3. The van der Waals surface area contributed by atoms with Crippen molar-refractivity contribution in [3.05, 3.63) is 22.7 Å². The average Bonchev–Trinajstić information content (AvgIpc) is 2.68. The molecule has 1 aliphatic rings. The molecule has 2 rings (SSSR count). The van der Waals surface area contributed by atoms with E-state index in [1.807, 2.05) is 0 Å². The molecule has 1 unspecified atom stereocenters. The van der Waals surface area contributed by atoms with E-state index in [-0.39, 0.29) is 5.82 Å². The van der Waals surface area contributed by atoms with Crippen LogP contribution >= 0.6 is 0 Å². The lowest BCUT2D eigenvalue weighted by Gasteiger charge is -2.27. The lowest BCUT2D eigenvalue weighted by molar-refractivity contribution is -0.0986. The van der Waals surface area contributed by atoms with Gasteiger partial charge in [0.2, 0.25) is 0 Å². The highest BCUT2D eigenvalue weighted by Crippen LogP contribution is 2.37. The van der Waals surface area contributed by atoms with Crippen LogP contribution in [0.25, 0.3) is 0 Å². The van der Waals surface area contributed by atoms with E-state index in [4.69, 9.17) is 9.84 Å². The first-order valence-corrected chi connectivity index (χ1v) is 6.74. The molecule has 1 aromatic rings. The number of ether oxygens (including phenoxy) is 1. The van der Waals surface area contributed by atoms with Crippen molar-refractivity contribution >= 4 is 12.2 Å². The molecule has 2 heterocycles. The second kappa shape index (κ2) is 6.13. The van der Waals surface area contributed by atoms with E-state index in [1.54, 1.807) is 19.0 Å². The molecule has 0 amide bonds. The van der Waals surface area contributed by atoms with Gasteiger partial charge in [0.1, 0.15) is 17.8 Å². The summed E-state index contributed by atoms with van der Waals surface area (Å²) in [6.45, 7) is 0.865. The molecule has 9 heteroatoms. The summed E-state index contributed by atoms with van der Waals surface area (Å²) in [5, 5.41) is 29.4. The summed E-state index contributed by atoms with van der Waals surface area (Å²) in [6.07, 6.45) is -0.561. The van der Waals surface area contributed by atoms with Crippen molar-refractivity contribution in [3.8, 4) is 0 Å². The highest BCUT2D eigenvalue weighted by Gasteiger charge is 2.53. The summed E-state index contributed by atoms with van der Waals surface area (Å²) in [5.74, 6) is 0.215. The molecule has 0 spiro atoms. The van der Waals surface area contributed by atoms with Gasteiger partial charge in [-0.05, 0) is 13.0 Å². The second-order valence-corrected chi connectivity index (χ2v) is 5.56. The van der Waals surface area contributed by atoms with Gasteiger partial charge in [0, 0.05) is 20.3 Å². The number of hydrogen-bond donors (Lipinski definition) is 3. The number of aromatic nitrogens is 2. The van der Waals surface area contributed by atoms with E-state index >= 15 is 0 Å². The fourth-order valence-corrected chi connectivity index (χ4v) is 2.22. The summed E-state index contributed by atoms with van der Waals surface area (Å²) in [4.78, 5) is 21.6. The number of hydrogen-bond acceptors (Lipinski definition) is 7. The molecular weight excluding hydrogens is 292 g/mol. The lowest BCUT2D eigenvalue weighted by atomic mass is 9.96. The van der Waals surface area contributed by atoms with E-state index < -0.39 is 36.3 Å². The molecule has 1 aliphatic heterocycles. The fourth-order valence-electron chi connectivity index (χ4n) is 2.22. The average molecular weight is 312 g/mol. The van der Waals surface area contributed by atoms with Gasteiger partial charge in [-0.3, -0.25) is 4.57 Å². The Kier molecular flexibility index (Phi) is 4.61. The fraction of sp³-hybridized carbons (Fsp3) is 0.615. The largest absolute Gasteiger partial charge is 0.394 e. The summed E-state index contributed by atoms with van der Waals surface area (Å²) in [7, 11) is 3.56. The van der Waals surface area contributed by atoms with Gasteiger partial charge in [0.25, 0.3) is 0 Å². The third-order valence-corrected chi connectivity index (χ3v) is 3.42. The third kappa shape index (κ3) is 3.02. The van der Waals surface area contributed by atoms with Crippen molar-refractivity contribution in [3.63, 3.8) is 0 Å². The van der Waals surface area contributed by atoms with Gasteiger partial charge in [0.05, 0.1) is 12.9 Å². The third-order valence-electron chi connectivity index (χ3n) is 3.42. The summed E-state index contributed by atoms with van der Waals surface area (Å²) >= 11 is 0. The van der Waals surface area contributed by atoms with E-state index in [0.717, 1.165) is 4.57 Å². The van der Waals surface area contributed by atoms with Crippen LogP contribution in [0.15, 0.2) is 22.1 Å². The molecule has 1 aromatic heterocycles. The Morgan fingerprint density at radius 2 is 2.27 bits per heavy atom. The molecule has 22 heavy (non-hydrogen) atoms. The first kappa shape index (κ1) is 16.6. The summed E-state index contributed by atoms with van der Waals surface area (Å²) in [5.41, 5.74) is -2.41. The molecule has 0 saturated carbocycles. The molecule has 1 saturated heterocycles. The first-order valence-electron chi connectivity index (χ1n) is 6.74. The highest BCUT2D eigenvalue weighted by molar-refractivity contribution is 5.58. The van der Waals surface area contributed by atoms with Crippen molar-refractivity contribution in [1.29, 1.82) is 0 Å². The van der Waals surface area contributed by atoms with Crippen molar-refractivity contribution in [2.75, 3.05) is 20.7 Å². The van der Waals surface area contributed by atoms with Crippen molar-refractivity contribution in [2.24, 2.45) is 4.99 Å². The predicted molar refractivity (Wildman–Crippen MR) is 78.0 cm³/mol. The molecular formula is C13H20N4O5. The Morgan fingerprint density at radius 3 is 2.77 bits per heavy atom. The minimum atomic E-state index is -1.73. The minimum Gasteiger partial charge on any atom is -0.394 e. The first-order chi connectivity index (χ1) is 10.3. The van der Waals surface area contributed by atoms with E-state index in [1.165, 1.54) is 25.5 Å². The molecule has 0 aliphatic carbocycles. The zero-order valence-corrected chi connectivity index (χ0v) is 12.6. The van der Waals surface area contributed by atoms with Crippen molar-refractivity contribution in [2.45, 2.75) is 31.0 Å². The monoisotopic (exact) mass is 312 g/mol. The highest BCUT2D eigenvalue weighted by atomic mass is 16.6. The van der Waals surface area contributed by atoms with Crippen LogP contribution in [0, 0.1) is 0 Å². The van der Waals surface area contributed by atoms with Crippen molar-refractivity contribution in [1.82, 2.24) is 14.5 Å². The molecule has 0 aromatic carbocycles. The Hall–Kier alpha value is -1.81. The number of aliphatic imine (C=N–C) groups is 1. The van der Waals surface area contributed by atoms with Gasteiger partial charge >= 0.3 is 5.69 Å². The quantitative estimate of drug-likeness (QED) is 0.455. The van der Waals surface area contributed by atoms with Crippen molar-refractivity contribution < 1.29 is 20.1 Å². The lowest BCUT2D eigenvalue weighted by Crippen LogP contribution is -2.46. The van der Waals surface area contributed by atoms with Gasteiger partial charge in [-0.25, -0.2) is 9.79 Å². The van der Waals surface area contributed by atoms with Gasteiger partial charge < -0.3 is 25.0 Å². The van der Waals surface area contributed by atoms with Crippen LogP contribution in [-0.4, -0.2) is 74.6 Å². The van der Waals surface area contributed by atoms with Crippen LogP contribution in [0.1, 0.15) is 13.2 Å². The maximum atomic E-state index is 12.1. The Labute approximate surface area is 127 Å². The number of nitrogens with zero attached hydrogens (tertiary/aromatic N) is 4. The maximum absolute atomic E-state index is 12.1. The molecule has 0 radical (unpaired) electrons. The predicted octanol–water partition coefficient (Wildman–Crippen LogP) is -1.53. The topological polar surface area (TPSA) is 120 Å². The van der Waals surface area contributed by atoms with Crippen LogP contribution < -0.4 is 5.69 Å². The molecule has 4 atom stereocenters. The Morgan fingerprint density at radius 1 is 1.59 bits per heavy atom. The van der Waals surface area contributed by atoms with Crippen LogP contribution in [-0.2, 0) is 4.74 Å². The van der Waals surface area contributed by atoms with Crippen LogP contribution in [0.5, 0.6) is 0 Å². The number of aliphatic hydroxyl groups excluding tert-OH is 2. The zero-order valence-electron chi connectivity index (χ0n) is 12.6. The second-order valence-electron chi connectivity index (χ2n) is 5.56. The molecule has 9 nitrogen and oxygen atoms in total. The Bertz CT molecular complexity index is 613. The van der Waals surface area contributed by atoms with Gasteiger partial charge in [-0.15, -0.1) is 0 Å². The number of rotatable bonds is 4. The van der Waals surface area contributed by atoms with Crippen LogP contribution in [0.2, 0.25) is 0 Å². The van der Waals surface area contributed by atoms with Crippen LogP contribution in [0.4, 0.5) is 5.82 Å². The molecule has 1 fully saturated rings. The normalized spacial score (nSPS) is 31.8. The van der Waals surface area contributed by atoms with Gasteiger partial charge in [0.15, 0.2) is 12.0 Å². The molecule has 122 valence electrons. The van der Waals surface area contributed by atoms with E-state index in [0.29, 0.717) is 0 Å². The van der Waals surface area contributed by atoms with E-state index in [9.17, 15) is 15.0 Å². The zero-order chi connectivity index (χ0) is 16.5. The molecule has 0 bridgehead atoms. The SMILES string of the molecule is CN(C)/C=N\c1ccn([C@@H]2O[C@H](CO)C(O)[C@]2(C)O)c(=O)n1. The van der Waals surface area contributed by atoms with Crippen LogP contribution in [0.3, 0.4) is 0 Å². The molecule has 3 N–H and O–H groups in total.